The highest BCUT2D eigenvalue weighted by Crippen LogP contribution is 2.17. The van der Waals surface area contributed by atoms with Crippen LogP contribution >= 0.6 is 0 Å². The standard InChI is InChI=1S/C60H115NO5/c1-3-5-7-9-11-13-15-33-36-40-44-48-52-58(63)57(56-62)61-59(64)53-49-45-41-37-34-30-28-26-24-22-20-18-16-17-19-21-23-25-27-29-31-35-39-43-47-51-55-66-60(65)54-50-46-42-38-32-14-12-10-8-6-4-2/h10,12,48,52,57-58,62-63H,3-9,11,13-47,49-51,53-56H2,1-2H3,(H,61,64)/b12-10-,52-48+. The van der Waals surface area contributed by atoms with Crippen LogP contribution in [0, 0.1) is 0 Å². The molecule has 0 aliphatic carbocycles. The molecule has 0 radical (unpaired) electrons. The van der Waals surface area contributed by atoms with Crippen LogP contribution in [-0.2, 0) is 14.3 Å². The minimum absolute atomic E-state index is 0.00566. The number of hydrogen-bond acceptors (Lipinski definition) is 5. The molecule has 6 heteroatoms. The van der Waals surface area contributed by atoms with Crippen LogP contribution in [0.5, 0.6) is 0 Å². The first-order valence-corrected chi connectivity index (χ1v) is 29.6. The second-order valence-corrected chi connectivity index (χ2v) is 20.3. The number of ether oxygens (including phenoxy) is 1. The van der Waals surface area contributed by atoms with E-state index in [4.69, 9.17) is 4.74 Å². The first kappa shape index (κ1) is 64.3. The van der Waals surface area contributed by atoms with Crippen LogP contribution in [0.3, 0.4) is 0 Å². The average Bonchev–Trinajstić information content (AvgIpc) is 3.32. The van der Waals surface area contributed by atoms with Crippen molar-refractivity contribution >= 4 is 11.9 Å². The molecule has 66 heavy (non-hydrogen) atoms. The van der Waals surface area contributed by atoms with E-state index in [1.165, 1.54) is 250 Å². The Morgan fingerprint density at radius 1 is 0.409 bits per heavy atom. The number of nitrogens with one attached hydrogen (secondary N) is 1. The molecule has 2 atom stereocenters. The smallest absolute Gasteiger partial charge is 0.305 e. The number of amides is 1. The fourth-order valence-corrected chi connectivity index (χ4v) is 9.15. The molecular weight excluding hydrogens is 815 g/mol. The maximum absolute atomic E-state index is 12.4. The van der Waals surface area contributed by atoms with E-state index in [-0.39, 0.29) is 18.5 Å². The predicted octanol–water partition coefficient (Wildman–Crippen LogP) is 18.2. The third-order valence-corrected chi connectivity index (χ3v) is 13.7. The molecule has 2 unspecified atom stereocenters. The van der Waals surface area contributed by atoms with Crippen molar-refractivity contribution in [3.8, 4) is 0 Å². The Labute approximate surface area is 411 Å². The van der Waals surface area contributed by atoms with E-state index in [0.29, 0.717) is 19.4 Å². The Balaban J connectivity index is 3.36. The highest BCUT2D eigenvalue weighted by molar-refractivity contribution is 5.76. The van der Waals surface area contributed by atoms with Crippen LogP contribution in [0.1, 0.15) is 322 Å². The van der Waals surface area contributed by atoms with E-state index in [1.54, 1.807) is 6.08 Å². The second kappa shape index (κ2) is 55.9. The summed E-state index contributed by atoms with van der Waals surface area (Å²) in [6, 6.07) is -0.624. The number of rotatable bonds is 55. The van der Waals surface area contributed by atoms with Gasteiger partial charge in [0.2, 0.25) is 5.91 Å². The fourth-order valence-electron chi connectivity index (χ4n) is 9.15. The maximum Gasteiger partial charge on any atom is 0.305 e. The largest absolute Gasteiger partial charge is 0.466 e. The van der Waals surface area contributed by atoms with Crippen LogP contribution in [0.15, 0.2) is 24.3 Å². The molecule has 0 aromatic rings. The summed E-state index contributed by atoms with van der Waals surface area (Å²) in [7, 11) is 0. The Morgan fingerprint density at radius 2 is 0.727 bits per heavy atom. The van der Waals surface area contributed by atoms with Gasteiger partial charge in [-0.05, 0) is 51.4 Å². The van der Waals surface area contributed by atoms with Crippen LogP contribution in [0.4, 0.5) is 0 Å². The molecule has 0 spiro atoms. The van der Waals surface area contributed by atoms with Gasteiger partial charge in [0.15, 0.2) is 0 Å². The van der Waals surface area contributed by atoms with Crippen LogP contribution < -0.4 is 5.32 Å². The molecule has 0 bridgehead atoms. The van der Waals surface area contributed by atoms with Gasteiger partial charge in [0, 0.05) is 12.8 Å². The lowest BCUT2D eigenvalue weighted by atomic mass is 10.0. The van der Waals surface area contributed by atoms with E-state index < -0.39 is 12.1 Å². The topological polar surface area (TPSA) is 95.9 Å². The maximum atomic E-state index is 12.4. The van der Waals surface area contributed by atoms with Crippen molar-refractivity contribution in [2.75, 3.05) is 13.2 Å². The second-order valence-electron chi connectivity index (χ2n) is 20.3. The molecule has 0 saturated heterocycles. The van der Waals surface area contributed by atoms with Crippen molar-refractivity contribution in [1.82, 2.24) is 5.32 Å². The lowest BCUT2D eigenvalue weighted by Crippen LogP contribution is -2.45. The van der Waals surface area contributed by atoms with Gasteiger partial charge in [0.25, 0.3) is 0 Å². The summed E-state index contributed by atoms with van der Waals surface area (Å²) < 4.78 is 5.46. The van der Waals surface area contributed by atoms with E-state index in [0.717, 1.165) is 44.9 Å². The van der Waals surface area contributed by atoms with E-state index in [9.17, 15) is 19.8 Å². The van der Waals surface area contributed by atoms with Gasteiger partial charge in [0.05, 0.1) is 25.4 Å². The molecule has 0 aromatic carbocycles. The van der Waals surface area contributed by atoms with Gasteiger partial charge < -0.3 is 20.3 Å². The number of esters is 1. The normalized spacial score (nSPS) is 12.7. The zero-order valence-corrected chi connectivity index (χ0v) is 44.4. The van der Waals surface area contributed by atoms with Crippen LogP contribution in [0.25, 0.3) is 0 Å². The number of carbonyl (C=O) groups excluding carboxylic acids is 2. The summed E-state index contributed by atoms with van der Waals surface area (Å²) in [6.45, 7) is 4.87. The number of allylic oxidation sites excluding steroid dienone is 3. The highest BCUT2D eigenvalue weighted by Gasteiger charge is 2.18. The molecular formula is C60H115NO5. The van der Waals surface area contributed by atoms with Crippen LogP contribution in [-0.4, -0.2) is 47.4 Å². The summed E-state index contributed by atoms with van der Waals surface area (Å²) in [5.41, 5.74) is 0. The monoisotopic (exact) mass is 930 g/mol. The highest BCUT2D eigenvalue weighted by atomic mass is 16.5. The van der Waals surface area contributed by atoms with E-state index in [1.807, 2.05) is 6.08 Å². The van der Waals surface area contributed by atoms with Gasteiger partial charge in [-0.2, -0.15) is 0 Å². The van der Waals surface area contributed by atoms with Crippen molar-refractivity contribution in [3.63, 3.8) is 0 Å². The first-order chi connectivity index (χ1) is 32.5. The predicted molar refractivity (Wildman–Crippen MR) is 287 cm³/mol. The van der Waals surface area contributed by atoms with Gasteiger partial charge in [-0.25, -0.2) is 0 Å². The van der Waals surface area contributed by atoms with Gasteiger partial charge in [-0.1, -0.05) is 282 Å². The Kier molecular flexibility index (Phi) is 54.5. The van der Waals surface area contributed by atoms with Gasteiger partial charge in [-0.3, -0.25) is 9.59 Å². The molecule has 0 fully saturated rings. The summed E-state index contributed by atoms with van der Waals surface area (Å²) in [4.78, 5) is 24.4. The summed E-state index contributed by atoms with van der Waals surface area (Å²) in [6.07, 6.45) is 67.9. The molecule has 0 aliphatic heterocycles. The molecule has 0 aromatic heterocycles. The Morgan fingerprint density at radius 3 is 1.12 bits per heavy atom. The van der Waals surface area contributed by atoms with Crippen LogP contribution in [0.2, 0.25) is 0 Å². The van der Waals surface area contributed by atoms with Crippen molar-refractivity contribution in [2.24, 2.45) is 0 Å². The minimum Gasteiger partial charge on any atom is -0.466 e. The number of aliphatic hydroxyl groups excluding tert-OH is 2. The average molecular weight is 931 g/mol. The molecule has 3 N–H and O–H groups in total. The van der Waals surface area contributed by atoms with E-state index in [2.05, 4.69) is 31.3 Å². The summed E-state index contributed by atoms with van der Waals surface area (Å²) in [5, 5.41) is 23.0. The number of carbonyl (C=O) groups is 2. The van der Waals surface area contributed by atoms with E-state index >= 15 is 0 Å². The van der Waals surface area contributed by atoms with Crippen molar-refractivity contribution < 1.29 is 24.5 Å². The van der Waals surface area contributed by atoms with Crippen molar-refractivity contribution in [2.45, 2.75) is 334 Å². The number of unbranched alkanes of at least 4 members (excludes halogenated alkanes) is 42. The molecule has 1 amide bonds. The lowest BCUT2D eigenvalue weighted by Gasteiger charge is -2.20. The Bertz CT molecular complexity index is 1030. The van der Waals surface area contributed by atoms with Gasteiger partial charge >= 0.3 is 5.97 Å². The number of aliphatic hydroxyl groups is 2. The minimum atomic E-state index is -0.841. The molecule has 6 nitrogen and oxygen atoms in total. The van der Waals surface area contributed by atoms with Gasteiger partial charge in [0.1, 0.15) is 0 Å². The fraction of sp³-hybridized carbons (Fsp3) is 0.900. The van der Waals surface area contributed by atoms with Crippen molar-refractivity contribution in [3.05, 3.63) is 24.3 Å². The number of hydrogen-bond donors (Lipinski definition) is 3. The lowest BCUT2D eigenvalue weighted by molar-refractivity contribution is -0.143. The quantitative estimate of drug-likeness (QED) is 0.0321. The van der Waals surface area contributed by atoms with Gasteiger partial charge in [-0.15, -0.1) is 0 Å². The molecule has 390 valence electrons. The molecule has 0 saturated carbocycles. The first-order valence-electron chi connectivity index (χ1n) is 29.6. The zero-order valence-electron chi connectivity index (χ0n) is 44.4. The summed E-state index contributed by atoms with van der Waals surface area (Å²) in [5.74, 6) is -0.0600. The third kappa shape index (κ3) is 51.7. The zero-order chi connectivity index (χ0) is 47.9. The SMILES string of the molecule is CCCC/C=C\CCCCCCCC(=O)OCCCCCCCCCCCCCCCCCCCCCCCCCCCCC(=O)NC(CO)C(O)/C=C/CCCCCCCCCCCC. The Hall–Kier alpha value is -1.66. The van der Waals surface area contributed by atoms with Crippen molar-refractivity contribution in [1.29, 1.82) is 0 Å². The molecule has 0 heterocycles. The molecule has 0 aliphatic rings. The molecule has 0 rings (SSSR count). The summed E-state index contributed by atoms with van der Waals surface area (Å²) >= 11 is 0. The third-order valence-electron chi connectivity index (χ3n) is 13.7.